The number of hydrogen-bond acceptors (Lipinski definition) is 0. The lowest BCUT2D eigenvalue weighted by Gasteiger charge is -2.25. The number of alkyl halides is 3. The Morgan fingerprint density at radius 3 is 0.934 bits per heavy atom. The number of nitrogens with two attached hydrogens (primary N) is 2. The average Bonchev–Trinajstić information content (AvgIpc) is 0.794. The van der Waals surface area contributed by atoms with Crippen molar-refractivity contribution in [3.05, 3.63) is 287 Å². The fourth-order valence-corrected chi connectivity index (χ4v) is 13.5. The molecule has 0 aliphatic heterocycles. The highest BCUT2D eigenvalue weighted by Gasteiger charge is 2.31. The summed E-state index contributed by atoms with van der Waals surface area (Å²) >= 11 is 0. The van der Waals surface area contributed by atoms with E-state index in [9.17, 15) is 39.5 Å². The zero-order valence-electron chi connectivity index (χ0n) is 68.6. The third kappa shape index (κ3) is 44.6. The summed E-state index contributed by atoms with van der Waals surface area (Å²) in [5, 5.41) is 4.67. The summed E-state index contributed by atoms with van der Waals surface area (Å²) in [6.45, 7) is 18.2. The van der Waals surface area contributed by atoms with E-state index in [0.717, 1.165) is 202 Å². The first kappa shape index (κ1) is 126. The van der Waals surface area contributed by atoms with Crippen LogP contribution in [0.5, 0.6) is 0 Å². The molecule has 11 nitrogen and oxygen atoms in total. The second-order valence-corrected chi connectivity index (χ2v) is 29.3. The van der Waals surface area contributed by atoms with Crippen molar-refractivity contribution in [1.29, 1.82) is 0 Å². The minimum atomic E-state index is -4.27. The second kappa shape index (κ2) is 66.1. The minimum absolute atomic E-state index is 0. The summed E-state index contributed by atoms with van der Waals surface area (Å²) < 4.78 is 119. The molecule has 0 spiro atoms. The molecule has 2 atom stereocenters. The second-order valence-electron chi connectivity index (χ2n) is 29.3. The van der Waals surface area contributed by atoms with Crippen LogP contribution < -0.4 is 210 Å². The summed E-state index contributed by atoms with van der Waals surface area (Å²) in [4.78, 5) is 1.44. The Bertz CT molecular complexity index is 4150. The van der Waals surface area contributed by atoms with Crippen molar-refractivity contribution in [2.75, 3.05) is 78.5 Å². The molecule has 0 saturated heterocycles. The predicted octanol–water partition coefficient (Wildman–Crippen LogP) is -28.5. The zero-order chi connectivity index (χ0) is 78.9. The molecule has 10 aromatic rings. The zero-order valence-corrected chi connectivity index (χ0v) is 77.7. The van der Waals surface area contributed by atoms with E-state index in [4.69, 9.17) is 0 Å². The molecule has 0 radical (unpaired) electrons. The molecule has 0 unspecified atom stereocenters. The van der Waals surface area contributed by atoms with E-state index in [1.165, 1.54) is 107 Å². The molecule has 0 aliphatic carbocycles. The Morgan fingerprint density at radius 1 is 0.331 bits per heavy atom. The van der Waals surface area contributed by atoms with Gasteiger partial charge in [-0.3, -0.25) is 0 Å². The van der Waals surface area contributed by atoms with Gasteiger partial charge in [0.1, 0.15) is 92.8 Å². The molecule has 0 saturated carbocycles. The lowest BCUT2D eigenvalue weighted by Crippen LogP contribution is -3.13. The molecule has 0 heterocycles. The normalized spacial score (nSPS) is 10.9. The molecule has 0 amide bonds. The Hall–Kier alpha value is -5.39. The molecule has 678 valence electrons. The molecule has 10 aromatic carbocycles. The topological polar surface area (TPSA) is 259 Å². The summed E-state index contributed by atoms with van der Waals surface area (Å²) in [6.07, 6.45) is 3.67. The standard InChI is InChI=1S/C27H33F2N3.C25H29F2N3.C23H25F2N3.C14H21F3N2.12ClH/c1-27(2,18-32-17-26(31)4-3-13-30)23-15-21(19-5-9-24(28)10-6-19)14-22(16-23)20-7-11-25(29)12-8-20;26-23-7-3-19(4-8-23)21-14-18(11-13-30-17-25(29)2-1-12-28)15-22(16-21)20-5-9-24(27)10-6-20;24-22-5-1-18(2-6-22)20-13-17(16-28(11-9-26)12-10-27)14-21(15-20)19-3-7-23(25)8-4-19;1-10-6-12(8-11(2-4-18)3-5-19)9-13(7-10)14(15,16)17;;;;;;;;;;;;/h5-12,14-16,26,32H,3-4,13,17-18,30-31H2,1-2H3;3-10,14-16,25,30H,1-2,11-13,17,28-29H2;1-8,13-15H,9-12,16,26-27H2;6-7,9,11H,2-5,8,18-19H2,1H3;12*1H/p-1/t26-;25-;;;;;;;;;;;;;;/m00............../s1. The van der Waals surface area contributed by atoms with Crippen molar-refractivity contribution >= 4 is 0 Å². The largest absolute Gasteiger partial charge is 1.00 e. The van der Waals surface area contributed by atoms with Gasteiger partial charge >= 0.3 is 6.18 Å². The van der Waals surface area contributed by atoms with Gasteiger partial charge < -0.3 is 210 Å². The molecule has 0 fully saturated rings. The Kier molecular flexibility index (Phi) is 69.0. The third-order valence-corrected chi connectivity index (χ3v) is 19.5. The van der Waals surface area contributed by atoms with Crippen LogP contribution in [0.25, 0.3) is 66.8 Å². The van der Waals surface area contributed by atoms with Crippen LogP contribution in [-0.4, -0.2) is 90.6 Å². The molecular weight excluding hydrogens is 1820 g/mol. The van der Waals surface area contributed by atoms with Crippen LogP contribution >= 0.6 is 0 Å². The smallest absolute Gasteiger partial charge is 0.416 e. The van der Waals surface area contributed by atoms with E-state index in [1.807, 2.05) is 6.07 Å². The summed E-state index contributed by atoms with van der Waals surface area (Å²) in [6, 6.07) is 63.8. The van der Waals surface area contributed by atoms with E-state index in [-0.39, 0.29) is 189 Å². The highest BCUT2D eigenvalue weighted by atomic mass is 35.5. The third-order valence-electron chi connectivity index (χ3n) is 19.5. The lowest BCUT2D eigenvalue weighted by atomic mass is 9.81. The SMILES string of the molecule is CC(C)(C[NH2+]C[C@@H]([NH3+])CCC[NH3+])c1cc(-c2ccc(F)cc2)cc(-c2ccc(F)cc2)c1.Cc1cc(CC(CC[NH3+])CC[NH3+])cc(C(F)(F)F)c1.[Cl-].[Cl-].[Cl-].[Cl-].[Cl-].[Cl-].[Cl-].[Cl-].[Cl-].[Cl-].[Cl-].[Cl-].[NH3+]CCC[C@H]([NH3+])C[NH2+]CCc1cc(-c2ccc(F)cc2)cc(-c2ccc(F)cc2)c1.[NH3+]CC[NH+](CC[NH3+])Cc1cc(-c2ccc(F)cc2)cc(-c2ccc(F)cc2)c1. The van der Waals surface area contributed by atoms with Crippen molar-refractivity contribution in [3.8, 4) is 66.8 Å². The fraction of sp³-hybridized carbons (Fsp3) is 0.326. The van der Waals surface area contributed by atoms with Crippen molar-refractivity contribution in [2.45, 2.75) is 102 Å². The summed E-state index contributed by atoms with van der Waals surface area (Å²) in [5.41, 5.74) is 48.3. The molecule has 0 bridgehead atoms. The van der Waals surface area contributed by atoms with E-state index in [1.54, 1.807) is 79.7 Å². The van der Waals surface area contributed by atoms with Crippen molar-refractivity contribution in [1.82, 2.24) is 0 Å². The minimum Gasteiger partial charge on any atom is -1.00 e. The Labute approximate surface area is 783 Å². The number of nitrogens with one attached hydrogen (secondary N) is 1. The van der Waals surface area contributed by atoms with Crippen molar-refractivity contribution in [2.24, 2.45) is 5.92 Å². The van der Waals surface area contributed by atoms with Crippen LogP contribution in [0.4, 0.5) is 39.5 Å². The summed E-state index contributed by atoms with van der Waals surface area (Å²) in [5.74, 6) is -1.12. The highest BCUT2D eigenvalue weighted by Crippen LogP contribution is 2.36. The van der Waals surface area contributed by atoms with Crippen LogP contribution in [0, 0.1) is 47.7 Å². The van der Waals surface area contributed by atoms with Gasteiger partial charge in [0.15, 0.2) is 0 Å². The average molecular weight is 1940 g/mol. The Morgan fingerprint density at radius 2 is 0.636 bits per heavy atom. The molecule has 121 heavy (non-hydrogen) atoms. The monoisotopic (exact) mass is 1930 g/mol. The maximum Gasteiger partial charge on any atom is 0.416 e. The maximum atomic E-state index is 13.5. The van der Waals surface area contributed by atoms with E-state index < -0.39 is 11.7 Å². The van der Waals surface area contributed by atoms with Gasteiger partial charge in [-0.05, 0) is 231 Å². The number of hydrogen-bond donors (Lipinski definition) is 11. The van der Waals surface area contributed by atoms with Gasteiger partial charge in [0.2, 0.25) is 0 Å². The first-order valence-electron chi connectivity index (χ1n) is 38.3. The first-order valence-corrected chi connectivity index (χ1v) is 38.3. The molecule has 32 heteroatoms. The number of benzene rings is 10. The van der Waals surface area contributed by atoms with Gasteiger partial charge in [0, 0.05) is 43.1 Å². The fourth-order valence-electron chi connectivity index (χ4n) is 13.5. The van der Waals surface area contributed by atoms with Gasteiger partial charge in [0.25, 0.3) is 0 Å². The molecule has 29 N–H and O–H groups in total. The van der Waals surface area contributed by atoms with E-state index >= 15 is 0 Å². The number of rotatable bonds is 34. The van der Waals surface area contributed by atoms with Gasteiger partial charge in [-0.2, -0.15) is 13.2 Å². The quantitative estimate of drug-likeness (QED) is 0.0133. The number of aryl methyl sites for hydroxylation is 1. The van der Waals surface area contributed by atoms with Gasteiger partial charge in [-0.15, -0.1) is 0 Å². The lowest BCUT2D eigenvalue weighted by molar-refractivity contribution is -0.923. The maximum absolute atomic E-state index is 13.5. The van der Waals surface area contributed by atoms with E-state index in [2.05, 4.69) is 125 Å². The molecule has 0 aromatic heterocycles. The van der Waals surface area contributed by atoms with Crippen LogP contribution in [-0.2, 0) is 31.0 Å². The van der Waals surface area contributed by atoms with Crippen LogP contribution in [0.3, 0.4) is 0 Å². The van der Waals surface area contributed by atoms with Gasteiger partial charge in [0.05, 0.1) is 44.8 Å². The molecule has 0 aliphatic rings. The van der Waals surface area contributed by atoms with Crippen molar-refractivity contribution in [3.63, 3.8) is 0 Å². The van der Waals surface area contributed by atoms with E-state index in [0.29, 0.717) is 30.0 Å². The first-order chi connectivity index (χ1) is 52.3. The highest BCUT2D eigenvalue weighted by molar-refractivity contribution is 5.77. The van der Waals surface area contributed by atoms with Gasteiger partial charge in [-0.25, -0.2) is 26.3 Å². The number of quaternary nitrogens is 11. The van der Waals surface area contributed by atoms with Crippen LogP contribution in [0.1, 0.15) is 85.8 Å². The Balaban J connectivity index is -0.000000357. The predicted molar refractivity (Wildman–Crippen MR) is 417 cm³/mol. The van der Waals surface area contributed by atoms with Crippen LogP contribution in [0.15, 0.2) is 218 Å². The molecular formula is C89H119Cl12F9N11-. The van der Waals surface area contributed by atoms with Crippen molar-refractivity contribution < 1.29 is 250 Å². The van der Waals surface area contributed by atoms with Crippen LogP contribution in [0.2, 0.25) is 0 Å². The molecule has 10 rings (SSSR count). The van der Waals surface area contributed by atoms with Gasteiger partial charge in [-0.1, -0.05) is 123 Å². The number of halogens is 21. The summed E-state index contributed by atoms with van der Waals surface area (Å²) in [7, 11) is 0.